The Morgan fingerprint density at radius 3 is 2.50 bits per heavy atom. The number of benzene rings is 1. The van der Waals surface area contributed by atoms with Gasteiger partial charge in [0.1, 0.15) is 11.6 Å². The molecule has 0 amide bonds. The van der Waals surface area contributed by atoms with E-state index in [0.717, 1.165) is 18.4 Å². The van der Waals surface area contributed by atoms with Crippen LogP contribution in [0.2, 0.25) is 0 Å². The molecule has 2 heteroatoms. The summed E-state index contributed by atoms with van der Waals surface area (Å²) in [7, 11) is 1.56. The molecule has 0 spiro atoms. The van der Waals surface area contributed by atoms with Crippen molar-refractivity contribution < 1.29 is 9.13 Å². The molecule has 0 atom stereocenters. The van der Waals surface area contributed by atoms with E-state index in [-0.39, 0.29) is 11.2 Å². The van der Waals surface area contributed by atoms with Crippen LogP contribution in [0.15, 0.2) is 18.2 Å². The van der Waals surface area contributed by atoms with Gasteiger partial charge < -0.3 is 4.74 Å². The molecular formula is C12H15FO. The molecule has 1 saturated carbocycles. The summed E-state index contributed by atoms with van der Waals surface area (Å²) < 4.78 is 18.6. The minimum absolute atomic E-state index is 0.0658. The summed E-state index contributed by atoms with van der Waals surface area (Å²) >= 11 is 0. The van der Waals surface area contributed by atoms with Crippen LogP contribution in [-0.4, -0.2) is 7.11 Å². The van der Waals surface area contributed by atoms with E-state index in [1.807, 2.05) is 12.1 Å². The predicted octanol–water partition coefficient (Wildman–Crippen LogP) is 3.28. The second-order valence-corrected chi connectivity index (χ2v) is 4.26. The maximum Gasteiger partial charge on any atom is 0.130 e. The molecule has 1 nitrogen and oxygen atoms in total. The third-order valence-corrected chi connectivity index (χ3v) is 3.28. The Labute approximate surface area is 83.9 Å². The highest BCUT2D eigenvalue weighted by atomic mass is 19.1. The summed E-state index contributed by atoms with van der Waals surface area (Å²) in [5.41, 5.74) is 0.903. The van der Waals surface area contributed by atoms with Gasteiger partial charge in [-0.1, -0.05) is 19.4 Å². The highest BCUT2D eigenvalue weighted by Crippen LogP contribution is 2.44. The first kappa shape index (κ1) is 9.50. The van der Waals surface area contributed by atoms with E-state index in [4.69, 9.17) is 4.74 Å². The van der Waals surface area contributed by atoms with Crippen molar-refractivity contribution >= 4 is 0 Å². The van der Waals surface area contributed by atoms with Gasteiger partial charge in [-0.15, -0.1) is 0 Å². The van der Waals surface area contributed by atoms with E-state index in [2.05, 4.69) is 6.92 Å². The van der Waals surface area contributed by atoms with E-state index >= 15 is 0 Å². The Morgan fingerprint density at radius 1 is 1.36 bits per heavy atom. The minimum Gasteiger partial charge on any atom is -0.497 e. The molecule has 76 valence electrons. The molecule has 1 fully saturated rings. The van der Waals surface area contributed by atoms with Gasteiger partial charge >= 0.3 is 0 Å². The van der Waals surface area contributed by atoms with E-state index in [9.17, 15) is 4.39 Å². The molecule has 1 aromatic rings. The normalized spacial score (nSPS) is 18.8. The number of hydrogen-bond donors (Lipinski definition) is 0. The fourth-order valence-electron chi connectivity index (χ4n) is 2.09. The lowest BCUT2D eigenvalue weighted by molar-refractivity contribution is 0.262. The average Bonchev–Trinajstić information content (AvgIpc) is 2.14. The zero-order chi connectivity index (χ0) is 10.2. The molecule has 0 unspecified atom stereocenters. The van der Waals surface area contributed by atoms with Crippen molar-refractivity contribution in [3.05, 3.63) is 29.6 Å². The Hall–Kier alpha value is -1.05. The Morgan fingerprint density at radius 2 is 2.07 bits per heavy atom. The summed E-state index contributed by atoms with van der Waals surface area (Å²) in [4.78, 5) is 0. The lowest BCUT2D eigenvalue weighted by Gasteiger charge is -2.39. The lowest BCUT2D eigenvalue weighted by atomic mass is 9.66. The molecule has 0 bridgehead atoms. The number of halogens is 1. The second-order valence-electron chi connectivity index (χ2n) is 4.26. The number of ether oxygens (including phenoxy) is 1. The summed E-state index contributed by atoms with van der Waals surface area (Å²) in [6.07, 6.45) is 3.40. The molecule has 1 aliphatic rings. The third-order valence-electron chi connectivity index (χ3n) is 3.28. The van der Waals surface area contributed by atoms with Gasteiger partial charge in [0.05, 0.1) is 7.11 Å². The van der Waals surface area contributed by atoms with Crippen LogP contribution in [0.4, 0.5) is 4.39 Å². The van der Waals surface area contributed by atoms with Gasteiger partial charge in [-0.25, -0.2) is 4.39 Å². The van der Waals surface area contributed by atoms with Gasteiger partial charge in [-0.2, -0.15) is 0 Å². The zero-order valence-corrected chi connectivity index (χ0v) is 8.64. The van der Waals surface area contributed by atoms with Gasteiger partial charge in [-0.05, 0) is 29.9 Å². The number of methoxy groups -OCH3 is 1. The predicted molar refractivity (Wildman–Crippen MR) is 54.2 cm³/mol. The standard InChI is InChI=1S/C12H15FO/c1-12(6-3-7-12)10-5-4-9(14-2)8-11(10)13/h4-5,8H,3,6-7H2,1-2H3. The maximum absolute atomic E-state index is 13.7. The second kappa shape index (κ2) is 3.26. The molecule has 0 saturated heterocycles. The Balaban J connectivity index is 2.35. The molecular weight excluding hydrogens is 179 g/mol. The fraction of sp³-hybridized carbons (Fsp3) is 0.500. The SMILES string of the molecule is COc1ccc(C2(C)CCC2)c(F)c1. The van der Waals surface area contributed by atoms with Crippen LogP contribution in [0, 0.1) is 5.82 Å². The largest absolute Gasteiger partial charge is 0.497 e. The van der Waals surface area contributed by atoms with Crippen molar-refractivity contribution in [2.45, 2.75) is 31.6 Å². The van der Waals surface area contributed by atoms with Crippen molar-refractivity contribution in [1.29, 1.82) is 0 Å². The van der Waals surface area contributed by atoms with Crippen LogP contribution in [0.3, 0.4) is 0 Å². The van der Waals surface area contributed by atoms with Gasteiger partial charge in [0.25, 0.3) is 0 Å². The first-order chi connectivity index (χ1) is 6.65. The molecule has 2 rings (SSSR count). The van der Waals surface area contributed by atoms with Crippen LogP contribution in [0.25, 0.3) is 0 Å². The molecule has 0 aromatic heterocycles. The summed E-state index contributed by atoms with van der Waals surface area (Å²) in [6, 6.07) is 5.16. The number of rotatable bonds is 2. The minimum atomic E-state index is -0.133. The Kier molecular flexibility index (Phi) is 2.22. The van der Waals surface area contributed by atoms with E-state index in [1.54, 1.807) is 7.11 Å². The summed E-state index contributed by atoms with van der Waals surface area (Å²) in [5, 5.41) is 0. The van der Waals surface area contributed by atoms with E-state index in [0.29, 0.717) is 5.75 Å². The fourth-order valence-corrected chi connectivity index (χ4v) is 2.09. The highest BCUT2D eigenvalue weighted by Gasteiger charge is 2.35. The lowest BCUT2D eigenvalue weighted by Crippen LogP contribution is -2.31. The monoisotopic (exact) mass is 194 g/mol. The molecule has 0 aliphatic heterocycles. The van der Waals surface area contributed by atoms with Crippen molar-refractivity contribution in [2.24, 2.45) is 0 Å². The summed E-state index contributed by atoms with van der Waals surface area (Å²) in [6.45, 7) is 2.13. The zero-order valence-electron chi connectivity index (χ0n) is 8.64. The number of hydrogen-bond acceptors (Lipinski definition) is 1. The molecule has 14 heavy (non-hydrogen) atoms. The van der Waals surface area contributed by atoms with Gasteiger partial charge in [0.2, 0.25) is 0 Å². The van der Waals surface area contributed by atoms with Crippen LogP contribution in [0.1, 0.15) is 31.7 Å². The topological polar surface area (TPSA) is 9.23 Å². The maximum atomic E-state index is 13.7. The van der Waals surface area contributed by atoms with E-state index in [1.165, 1.54) is 12.5 Å². The average molecular weight is 194 g/mol. The van der Waals surface area contributed by atoms with Crippen molar-refractivity contribution in [3.8, 4) is 5.75 Å². The Bertz CT molecular complexity index is 342. The first-order valence-electron chi connectivity index (χ1n) is 5.00. The van der Waals surface area contributed by atoms with Crippen LogP contribution in [-0.2, 0) is 5.41 Å². The van der Waals surface area contributed by atoms with Crippen molar-refractivity contribution in [1.82, 2.24) is 0 Å². The van der Waals surface area contributed by atoms with Crippen molar-refractivity contribution in [2.75, 3.05) is 7.11 Å². The third kappa shape index (κ3) is 1.39. The molecule has 0 N–H and O–H groups in total. The van der Waals surface area contributed by atoms with Gasteiger partial charge in [-0.3, -0.25) is 0 Å². The molecule has 1 aliphatic carbocycles. The van der Waals surface area contributed by atoms with Gasteiger partial charge in [0.15, 0.2) is 0 Å². The highest BCUT2D eigenvalue weighted by molar-refractivity contribution is 5.34. The van der Waals surface area contributed by atoms with E-state index < -0.39 is 0 Å². The smallest absolute Gasteiger partial charge is 0.130 e. The summed E-state index contributed by atoms with van der Waals surface area (Å²) in [5.74, 6) is 0.459. The van der Waals surface area contributed by atoms with Crippen LogP contribution >= 0.6 is 0 Å². The van der Waals surface area contributed by atoms with Crippen LogP contribution in [0.5, 0.6) is 5.75 Å². The molecule has 0 heterocycles. The quantitative estimate of drug-likeness (QED) is 0.702. The van der Waals surface area contributed by atoms with Crippen LogP contribution < -0.4 is 4.74 Å². The first-order valence-corrected chi connectivity index (χ1v) is 5.00. The molecule has 0 radical (unpaired) electrons. The molecule has 1 aromatic carbocycles. The van der Waals surface area contributed by atoms with Crippen molar-refractivity contribution in [3.63, 3.8) is 0 Å². The van der Waals surface area contributed by atoms with Gasteiger partial charge in [0, 0.05) is 6.07 Å².